The molecule has 0 aromatic heterocycles. The monoisotopic (exact) mass is 316 g/mol. The normalized spacial score (nSPS) is 14.5. The summed E-state index contributed by atoms with van der Waals surface area (Å²) in [5.74, 6) is -0.545. The molecule has 1 aliphatic heterocycles. The number of carbonyl (C=O) groups is 1. The van der Waals surface area contributed by atoms with Gasteiger partial charge >= 0.3 is 0 Å². The van der Waals surface area contributed by atoms with E-state index in [4.69, 9.17) is 11.6 Å². The van der Waals surface area contributed by atoms with Gasteiger partial charge in [0.1, 0.15) is 5.82 Å². The molecule has 0 unspecified atom stereocenters. The minimum atomic E-state index is -0.419. The molecule has 2 aromatic carbocycles. The lowest BCUT2D eigenvalue weighted by molar-refractivity contribution is -0.133. The summed E-state index contributed by atoms with van der Waals surface area (Å²) in [6, 6.07) is 14.2. The smallest absolute Gasteiger partial charge is 0.245 e. The van der Waals surface area contributed by atoms with E-state index in [1.54, 1.807) is 12.1 Å². The lowest BCUT2D eigenvalue weighted by Crippen LogP contribution is -2.43. The highest BCUT2D eigenvalue weighted by molar-refractivity contribution is 6.31. The van der Waals surface area contributed by atoms with Crippen LogP contribution in [0.25, 0.3) is 5.70 Å². The Morgan fingerprint density at radius 2 is 1.91 bits per heavy atom. The van der Waals surface area contributed by atoms with Gasteiger partial charge in [-0.3, -0.25) is 15.2 Å². The summed E-state index contributed by atoms with van der Waals surface area (Å²) in [6.45, 7) is 0.0779. The third kappa shape index (κ3) is 2.97. The predicted molar refractivity (Wildman–Crippen MR) is 84.1 cm³/mol. The van der Waals surface area contributed by atoms with E-state index in [0.717, 1.165) is 11.3 Å². The number of nitrogens with zero attached hydrogens (tertiary/aromatic N) is 1. The Kier molecular flexibility index (Phi) is 4.11. The van der Waals surface area contributed by atoms with E-state index in [1.165, 1.54) is 11.1 Å². The number of rotatable bonds is 3. The topological polar surface area (TPSA) is 32.3 Å². The third-order valence-corrected chi connectivity index (χ3v) is 3.85. The molecule has 0 bridgehead atoms. The first-order chi connectivity index (χ1) is 10.6. The Morgan fingerprint density at radius 3 is 2.64 bits per heavy atom. The lowest BCUT2D eigenvalue weighted by Gasteiger charge is -2.29. The van der Waals surface area contributed by atoms with Crippen LogP contribution in [0.3, 0.4) is 0 Å². The molecule has 0 saturated carbocycles. The van der Waals surface area contributed by atoms with Crippen molar-refractivity contribution in [3.05, 3.63) is 76.6 Å². The van der Waals surface area contributed by atoms with E-state index in [9.17, 15) is 9.18 Å². The number of halogens is 2. The molecule has 0 spiro atoms. The van der Waals surface area contributed by atoms with Crippen LogP contribution < -0.4 is 5.43 Å². The van der Waals surface area contributed by atoms with Crippen LogP contribution in [0.4, 0.5) is 4.39 Å². The summed E-state index contributed by atoms with van der Waals surface area (Å²) in [6.07, 6.45) is 2.10. The van der Waals surface area contributed by atoms with Gasteiger partial charge in [0.15, 0.2) is 0 Å². The van der Waals surface area contributed by atoms with Crippen molar-refractivity contribution in [2.75, 3.05) is 0 Å². The zero-order valence-corrected chi connectivity index (χ0v) is 12.5. The van der Waals surface area contributed by atoms with Crippen molar-refractivity contribution in [2.45, 2.75) is 13.0 Å². The molecule has 1 N–H and O–H groups in total. The van der Waals surface area contributed by atoms with E-state index >= 15 is 0 Å². The van der Waals surface area contributed by atoms with Crippen molar-refractivity contribution < 1.29 is 9.18 Å². The van der Waals surface area contributed by atoms with E-state index < -0.39 is 5.82 Å². The first kappa shape index (κ1) is 14.6. The van der Waals surface area contributed by atoms with Crippen molar-refractivity contribution in [1.82, 2.24) is 10.4 Å². The van der Waals surface area contributed by atoms with Gasteiger partial charge in [0.2, 0.25) is 5.91 Å². The average molecular weight is 317 g/mol. The average Bonchev–Trinajstić information content (AvgIpc) is 2.53. The van der Waals surface area contributed by atoms with Gasteiger partial charge in [0.05, 0.1) is 12.2 Å². The fourth-order valence-corrected chi connectivity index (χ4v) is 2.55. The van der Waals surface area contributed by atoms with Gasteiger partial charge in [0.25, 0.3) is 0 Å². The van der Waals surface area contributed by atoms with Gasteiger partial charge < -0.3 is 0 Å². The Labute approximate surface area is 133 Å². The van der Waals surface area contributed by atoms with Crippen LogP contribution in [-0.2, 0) is 11.3 Å². The van der Waals surface area contributed by atoms with Crippen molar-refractivity contribution >= 4 is 23.2 Å². The maximum atomic E-state index is 13.9. The number of benzene rings is 2. The SMILES string of the molecule is O=C1CC=C(c2ccccc2)NN1Cc1c(F)cccc1Cl. The number of amides is 1. The summed E-state index contributed by atoms with van der Waals surface area (Å²) in [5, 5.41) is 1.71. The number of hydrazine groups is 1. The van der Waals surface area contributed by atoms with E-state index in [1.807, 2.05) is 36.4 Å². The van der Waals surface area contributed by atoms with Gasteiger partial charge in [-0.1, -0.05) is 48.0 Å². The summed E-state index contributed by atoms with van der Waals surface area (Å²) in [5.41, 5.74) is 5.15. The Bertz CT molecular complexity index is 710. The minimum Gasteiger partial charge on any atom is -0.295 e. The van der Waals surface area contributed by atoms with E-state index in [-0.39, 0.29) is 18.9 Å². The Hall–Kier alpha value is -2.33. The number of hydrogen-bond acceptors (Lipinski definition) is 2. The molecule has 1 aliphatic rings. The molecular formula is C17H14ClFN2O. The number of hydrogen-bond donors (Lipinski definition) is 1. The van der Waals surface area contributed by atoms with Crippen molar-refractivity contribution in [3.8, 4) is 0 Å². The van der Waals surface area contributed by atoms with Crippen LogP contribution in [0.2, 0.25) is 5.02 Å². The van der Waals surface area contributed by atoms with Crippen LogP contribution in [-0.4, -0.2) is 10.9 Å². The molecular weight excluding hydrogens is 303 g/mol. The maximum Gasteiger partial charge on any atom is 0.245 e. The molecule has 1 amide bonds. The Balaban J connectivity index is 1.83. The molecule has 0 atom stereocenters. The van der Waals surface area contributed by atoms with Gasteiger partial charge in [-0.25, -0.2) is 4.39 Å². The summed E-state index contributed by atoms with van der Waals surface area (Å²) >= 11 is 6.03. The van der Waals surface area contributed by atoms with Crippen molar-refractivity contribution in [1.29, 1.82) is 0 Å². The van der Waals surface area contributed by atoms with Crippen LogP contribution in [0, 0.1) is 5.82 Å². The second-order valence-electron chi connectivity index (χ2n) is 4.98. The Morgan fingerprint density at radius 1 is 1.14 bits per heavy atom. The van der Waals surface area contributed by atoms with Crippen LogP contribution >= 0.6 is 11.6 Å². The molecule has 22 heavy (non-hydrogen) atoms. The second kappa shape index (κ2) is 6.20. The summed E-state index contributed by atoms with van der Waals surface area (Å²) in [7, 11) is 0. The molecule has 3 rings (SSSR count). The van der Waals surface area contributed by atoms with Gasteiger partial charge in [0, 0.05) is 17.0 Å². The summed E-state index contributed by atoms with van der Waals surface area (Å²) in [4.78, 5) is 12.1. The highest BCUT2D eigenvalue weighted by atomic mass is 35.5. The largest absolute Gasteiger partial charge is 0.295 e. The van der Waals surface area contributed by atoms with Crippen LogP contribution in [0.15, 0.2) is 54.6 Å². The number of nitrogens with one attached hydrogen (secondary N) is 1. The highest BCUT2D eigenvalue weighted by Gasteiger charge is 2.22. The first-order valence-electron chi connectivity index (χ1n) is 6.90. The molecule has 0 radical (unpaired) electrons. The van der Waals surface area contributed by atoms with Crippen molar-refractivity contribution in [2.24, 2.45) is 0 Å². The fourth-order valence-electron chi connectivity index (χ4n) is 2.32. The summed E-state index contributed by atoms with van der Waals surface area (Å²) < 4.78 is 13.9. The van der Waals surface area contributed by atoms with Gasteiger partial charge in [-0.05, 0) is 23.8 Å². The molecule has 5 heteroatoms. The van der Waals surface area contributed by atoms with Crippen molar-refractivity contribution in [3.63, 3.8) is 0 Å². The van der Waals surface area contributed by atoms with E-state index in [0.29, 0.717) is 10.6 Å². The quantitative estimate of drug-likeness (QED) is 0.935. The first-order valence-corrected chi connectivity index (χ1v) is 7.28. The number of carbonyl (C=O) groups excluding carboxylic acids is 1. The molecule has 0 saturated heterocycles. The van der Waals surface area contributed by atoms with Crippen LogP contribution in [0.1, 0.15) is 17.5 Å². The third-order valence-electron chi connectivity index (χ3n) is 3.50. The molecule has 2 aromatic rings. The lowest BCUT2D eigenvalue weighted by atomic mass is 10.1. The van der Waals surface area contributed by atoms with Gasteiger partial charge in [-0.2, -0.15) is 0 Å². The van der Waals surface area contributed by atoms with E-state index in [2.05, 4.69) is 5.43 Å². The maximum absolute atomic E-state index is 13.9. The standard InChI is InChI=1S/C17H14ClFN2O/c18-14-7-4-8-15(19)13(14)11-21-17(22)10-9-16(20-21)12-5-2-1-3-6-12/h1-9,20H,10-11H2. The molecule has 3 nitrogen and oxygen atoms in total. The fraction of sp³-hybridized carbons (Fsp3) is 0.118. The minimum absolute atomic E-state index is 0.0779. The molecule has 0 aliphatic carbocycles. The zero-order chi connectivity index (χ0) is 15.5. The predicted octanol–water partition coefficient (Wildman–Crippen LogP) is 3.76. The van der Waals surface area contributed by atoms with Gasteiger partial charge in [-0.15, -0.1) is 0 Å². The molecule has 1 heterocycles. The second-order valence-corrected chi connectivity index (χ2v) is 5.39. The zero-order valence-electron chi connectivity index (χ0n) is 11.7. The highest BCUT2D eigenvalue weighted by Crippen LogP contribution is 2.23. The van der Waals surface area contributed by atoms with Crippen LogP contribution in [0.5, 0.6) is 0 Å². The molecule has 0 fully saturated rings. The molecule has 112 valence electrons.